The summed E-state index contributed by atoms with van der Waals surface area (Å²) in [5, 5.41) is 3.50. The lowest BCUT2D eigenvalue weighted by Gasteiger charge is -2.39. The number of likely N-dealkylation sites (tertiary alicyclic amines) is 1. The third-order valence-corrected chi connectivity index (χ3v) is 5.93. The molecule has 0 amide bonds. The van der Waals surface area contributed by atoms with Crippen molar-refractivity contribution in [2.45, 2.75) is 38.3 Å². The minimum absolute atomic E-state index is 0.390. The Bertz CT molecular complexity index is 941. The molecule has 2 N–H and O–H groups in total. The largest absolute Gasteiger partial charge is 0.356 e. The number of hydrogen-bond acceptors (Lipinski definition) is 6. The number of aromatic nitrogens is 4. The highest BCUT2D eigenvalue weighted by atomic mass is 15.3. The minimum Gasteiger partial charge on any atom is -0.356 e. The maximum Gasteiger partial charge on any atom is 0.224 e. The van der Waals surface area contributed by atoms with Gasteiger partial charge in [-0.1, -0.05) is 43.2 Å². The van der Waals surface area contributed by atoms with Crippen LogP contribution in [0.4, 0.5) is 11.8 Å². The first kappa shape index (κ1) is 19.1. The molecule has 0 spiro atoms. The van der Waals surface area contributed by atoms with Crippen LogP contribution in [0, 0.1) is 0 Å². The predicted octanol–water partition coefficient (Wildman–Crippen LogP) is 3.54. The van der Waals surface area contributed by atoms with Gasteiger partial charge in [0.2, 0.25) is 5.95 Å². The van der Waals surface area contributed by atoms with Crippen LogP contribution in [0.25, 0.3) is 11.4 Å². The molecular formula is C23H29N7. The SMILES string of the molecule is c1ccc(-c2ncc(CN3CC(Nc4nccc(N5CCCCCC5)n4)C3)[nH]2)cc1. The first-order valence-corrected chi connectivity index (χ1v) is 11.0. The van der Waals surface area contributed by atoms with E-state index in [9.17, 15) is 0 Å². The second kappa shape index (κ2) is 8.83. The number of nitrogens with zero attached hydrogens (tertiary/aromatic N) is 5. The number of nitrogens with one attached hydrogen (secondary N) is 2. The first-order chi connectivity index (χ1) is 14.8. The molecule has 0 saturated carbocycles. The molecule has 1 aromatic carbocycles. The fourth-order valence-electron chi connectivity index (χ4n) is 4.29. The first-order valence-electron chi connectivity index (χ1n) is 11.0. The van der Waals surface area contributed by atoms with E-state index in [-0.39, 0.29) is 0 Å². The van der Waals surface area contributed by atoms with Gasteiger partial charge in [-0.05, 0) is 18.9 Å². The summed E-state index contributed by atoms with van der Waals surface area (Å²) in [7, 11) is 0. The summed E-state index contributed by atoms with van der Waals surface area (Å²) >= 11 is 0. The van der Waals surface area contributed by atoms with Crippen LogP contribution in [0.3, 0.4) is 0 Å². The Labute approximate surface area is 177 Å². The van der Waals surface area contributed by atoms with Crippen molar-refractivity contribution in [3.63, 3.8) is 0 Å². The second-order valence-electron chi connectivity index (χ2n) is 8.30. The zero-order valence-electron chi connectivity index (χ0n) is 17.3. The Morgan fingerprint density at radius 3 is 2.57 bits per heavy atom. The van der Waals surface area contributed by atoms with Gasteiger partial charge in [-0.15, -0.1) is 0 Å². The number of hydrogen-bond donors (Lipinski definition) is 2. The maximum atomic E-state index is 4.77. The third kappa shape index (κ3) is 4.46. The fourth-order valence-corrected chi connectivity index (χ4v) is 4.29. The van der Waals surface area contributed by atoms with Crippen molar-refractivity contribution >= 4 is 11.8 Å². The van der Waals surface area contributed by atoms with Crippen LogP contribution in [0.2, 0.25) is 0 Å². The highest BCUT2D eigenvalue weighted by molar-refractivity contribution is 5.54. The van der Waals surface area contributed by atoms with Gasteiger partial charge in [0.05, 0.1) is 6.04 Å². The van der Waals surface area contributed by atoms with E-state index >= 15 is 0 Å². The summed E-state index contributed by atoms with van der Waals surface area (Å²) < 4.78 is 0. The van der Waals surface area contributed by atoms with Gasteiger partial charge in [0.15, 0.2) is 0 Å². The van der Waals surface area contributed by atoms with E-state index in [1.54, 1.807) is 0 Å². The van der Waals surface area contributed by atoms with Crippen LogP contribution in [-0.2, 0) is 6.54 Å². The molecule has 2 aliphatic heterocycles. The third-order valence-electron chi connectivity index (χ3n) is 5.93. The van der Waals surface area contributed by atoms with Crippen molar-refractivity contribution in [2.75, 3.05) is 36.4 Å². The average Bonchev–Trinajstić information content (AvgIpc) is 3.05. The molecule has 0 aliphatic carbocycles. The Morgan fingerprint density at radius 2 is 1.77 bits per heavy atom. The highest BCUT2D eigenvalue weighted by Crippen LogP contribution is 2.21. The van der Waals surface area contributed by atoms with E-state index in [1.165, 1.54) is 25.7 Å². The molecule has 4 heterocycles. The van der Waals surface area contributed by atoms with Crippen LogP contribution in [-0.4, -0.2) is 57.1 Å². The van der Waals surface area contributed by atoms with Crippen LogP contribution in [0.1, 0.15) is 31.4 Å². The molecule has 7 heteroatoms. The summed E-state index contributed by atoms with van der Waals surface area (Å²) in [5.41, 5.74) is 2.26. The summed E-state index contributed by atoms with van der Waals surface area (Å²) in [6.07, 6.45) is 8.98. The molecule has 2 saturated heterocycles. The molecule has 30 heavy (non-hydrogen) atoms. The maximum absolute atomic E-state index is 4.77. The van der Waals surface area contributed by atoms with E-state index in [0.29, 0.717) is 6.04 Å². The number of H-pyrrole nitrogens is 1. The van der Waals surface area contributed by atoms with Gasteiger partial charge in [-0.2, -0.15) is 4.98 Å². The zero-order chi connectivity index (χ0) is 20.2. The van der Waals surface area contributed by atoms with Gasteiger partial charge in [0.25, 0.3) is 0 Å². The molecule has 0 atom stereocenters. The van der Waals surface area contributed by atoms with E-state index in [4.69, 9.17) is 4.98 Å². The van der Waals surface area contributed by atoms with Gasteiger partial charge in [0.1, 0.15) is 11.6 Å². The number of benzene rings is 1. The highest BCUT2D eigenvalue weighted by Gasteiger charge is 2.27. The average molecular weight is 404 g/mol. The van der Waals surface area contributed by atoms with E-state index in [0.717, 1.165) is 61.6 Å². The molecule has 0 radical (unpaired) electrons. The van der Waals surface area contributed by atoms with Crippen LogP contribution >= 0.6 is 0 Å². The van der Waals surface area contributed by atoms with Gasteiger partial charge >= 0.3 is 0 Å². The molecule has 0 bridgehead atoms. The molecule has 2 aliphatic rings. The lowest BCUT2D eigenvalue weighted by molar-refractivity contribution is 0.151. The van der Waals surface area contributed by atoms with Crippen molar-refractivity contribution in [3.05, 3.63) is 54.5 Å². The summed E-state index contributed by atoms with van der Waals surface area (Å²) in [6.45, 7) is 5.05. The normalized spacial score (nSPS) is 18.1. The number of aromatic amines is 1. The van der Waals surface area contributed by atoms with Crippen LogP contribution < -0.4 is 10.2 Å². The summed E-state index contributed by atoms with van der Waals surface area (Å²) in [5.74, 6) is 2.73. The van der Waals surface area contributed by atoms with E-state index < -0.39 is 0 Å². The molecule has 0 unspecified atom stereocenters. The van der Waals surface area contributed by atoms with Crippen molar-refractivity contribution < 1.29 is 0 Å². The quantitative estimate of drug-likeness (QED) is 0.656. The van der Waals surface area contributed by atoms with Gasteiger partial charge in [-0.25, -0.2) is 9.97 Å². The Kier molecular flexibility index (Phi) is 5.61. The Morgan fingerprint density at radius 1 is 0.967 bits per heavy atom. The number of rotatable bonds is 6. The molecule has 2 fully saturated rings. The van der Waals surface area contributed by atoms with Crippen molar-refractivity contribution in [1.29, 1.82) is 0 Å². The summed E-state index contributed by atoms with van der Waals surface area (Å²) in [4.78, 5) is 22.0. The summed E-state index contributed by atoms with van der Waals surface area (Å²) in [6, 6.07) is 12.7. The lowest BCUT2D eigenvalue weighted by Crippen LogP contribution is -2.54. The van der Waals surface area contributed by atoms with Crippen LogP contribution in [0.15, 0.2) is 48.8 Å². The molecular weight excluding hydrogens is 374 g/mol. The molecule has 5 rings (SSSR count). The minimum atomic E-state index is 0.390. The van der Waals surface area contributed by atoms with Crippen LogP contribution in [0.5, 0.6) is 0 Å². The Hall–Kier alpha value is -2.93. The van der Waals surface area contributed by atoms with Gasteiger partial charge in [0, 0.05) is 56.4 Å². The predicted molar refractivity (Wildman–Crippen MR) is 119 cm³/mol. The topological polar surface area (TPSA) is 73.0 Å². The van der Waals surface area contributed by atoms with Crippen molar-refractivity contribution in [1.82, 2.24) is 24.8 Å². The van der Waals surface area contributed by atoms with Crippen molar-refractivity contribution in [2.24, 2.45) is 0 Å². The fraction of sp³-hybridized carbons (Fsp3) is 0.435. The molecule has 2 aromatic heterocycles. The molecule has 156 valence electrons. The Balaban J connectivity index is 1.13. The van der Waals surface area contributed by atoms with E-state index in [1.807, 2.05) is 36.7 Å². The molecule has 3 aromatic rings. The number of imidazole rings is 1. The smallest absolute Gasteiger partial charge is 0.224 e. The monoisotopic (exact) mass is 403 g/mol. The van der Waals surface area contributed by atoms with Gasteiger partial charge < -0.3 is 15.2 Å². The van der Waals surface area contributed by atoms with Crippen molar-refractivity contribution in [3.8, 4) is 11.4 Å². The lowest BCUT2D eigenvalue weighted by atomic mass is 10.1. The van der Waals surface area contributed by atoms with E-state index in [2.05, 4.69) is 42.2 Å². The molecule has 7 nitrogen and oxygen atoms in total. The zero-order valence-corrected chi connectivity index (χ0v) is 17.3. The second-order valence-corrected chi connectivity index (χ2v) is 8.30. The number of anilines is 2. The van der Waals surface area contributed by atoms with Gasteiger partial charge in [-0.3, -0.25) is 4.90 Å². The standard InChI is InChI=1S/C23H29N7/c1-2-7-13-30(12-6-1)21-10-11-24-23(28-21)27-20-16-29(17-20)15-19-14-25-22(26-19)18-8-4-3-5-9-18/h3-5,8-11,14,20H,1-2,6-7,12-13,15-17H2,(H,25,26)(H,24,27,28).